The van der Waals surface area contributed by atoms with E-state index < -0.39 is 0 Å². The Morgan fingerprint density at radius 1 is 1.21 bits per heavy atom. The summed E-state index contributed by atoms with van der Waals surface area (Å²) < 4.78 is 5.10. The van der Waals surface area contributed by atoms with Gasteiger partial charge in [0.15, 0.2) is 5.13 Å². The number of benzene rings is 2. The maximum atomic E-state index is 12.6. The highest BCUT2D eigenvalue weighted by Gasteiger charge is 2.18. The standard InChI is InChI=1S/C18H17N3O2S/c1-11-4-3-5-13(10-11)20-18-21-17(19)16(24-18)15(22)12-6-8-14(23-2)9-7-12/h3-10H,19H2,1-2H3,(H,20,21). The first-order valence-corrected chi connectivity index (χ1v) is 8.17. The van der Waals surface area contributed by atoms with Crippen LogP contribution in [0.2, 0.25) is 0 Å². The van der Waals surface area contributed by atoms with Crippen molar-refractivity contribution in [1.29, 1.82) is 0 Å². The van der Waals surface area contributed by atoms with Gasteiger partial charge in [-0.3, -0.25) is 4.79 Å². The lowest BCUT2D eigenvalue weighted by Crippen LogP contribution is -2.02. The lowest BCUT2D eigenvalue weighted by Gasteiger charge is -2.03. The third-order valence-electron chi connectivity index (χ3n) is 3.48. The normalized spacial score (nSPS) is 10.4. The van der Waals surface area contributed by atoms with Gasteiger partial charge in [-0.1, -0.05) is 23.5 Å². The van der Waals surface area contributed by atoms with Gasteiger partial charge in [-0.25, -0.2) is 4.98 Å². The fourth-order valence-electron chi connectivity index (χ4n) is 2.27. The Morgan fingerprint density at radius 2 is 1.96 bits per heavy atom. The van der Waals surface area contributed by atoms with E-state index in [2.05, 4.69) is 10.3 Å². The molecule has 0 saturated carbocycles. The van der Waals surface area contributed by atoms with Crippen LogP contribution in [-0.4, -0.2) is 17.9 Å². The summed E-state index contributed by atoms with van der Waals surface area (Å²) in [6, 6.07) is 14.8. The smallest absolute Gasteiger partial charge is 0.206 e. The molecule has 3 rings (SSSR count). The fourth-order valence-corrected chi connectivity index (χ4v) is 3.13. The van der Waals surface area contributed by atoms with E-state index in [4.69, 9.17) is 10.5 Å². The minimum absolute atomic E-state index is 0.148. The maximum Gasteiger partial charge on any atom is 0.206 e. The number of nitrogens with zero attached hydrogens (tertiary/aromatic N) is 1. The number of aromatic nitrogens is 1. The predicted molar refractivity (Wildman–Crippen MR) is 97.4 cm³/mol. The number of aryl methyl sites for hydroxylation is 1. The summed E-state index contributed by atoms with van der Waals surface area (Å²) >= 11 is 1.25. The van der Waals surface area contributed by atoms with Crippen molar-refractivity contribution < 1.29 is 9.53 Å². The van der Waals surface area contributed by atoms with Crippen LogP contribution in [0.25, 0.3) is 0 Å². The van der Waals surface area contributed by atoms with E-state index >= 15 is 0 Å². The Labute approximate surface area is 144 Å². The Kier molecular flexibility index (Phi) is 4.48. The average molecular weight is 339 g/mol. The number of nitrogens with two attached hydrogens (primary N) is 1. The Hall–Kier alpha value is -2.86. The van der Waals surface area contributed by atoms with Crippen LogP contribution >= 0.6 is 11.3 Å². The molecule has 2 aromatic carbocycles. The SMILES string of the molecule is COc1ccc(C(=O)c2sc(Nc3cccc(C)c3)nc2N)cc1. The van der Waals surface area contributed by atoms with Crippen molar-refractivity contribution >= 4 is 33.8 Å². The van der Waals surface area contributed by atoms with E-state index in [1.165, 1.54) is 11.3 Å². The summed E-state index contributed by atoms with van der Waals surface area (Å²) in [6.07, 6.45) is 0. The van der Waals surface area contributed by atoms with E-state index in [1.807, 2.05) is 31.2 Å². The molecule has 0 saturated heterocycles. The van der Waals surface area contributed by atoms with Gasteiger partial charge in [-0.15, -0.1) is 0 Å². The Morgan fingerprint density at radius 3 is 2.62 bits per heavy atom. The largest absolute Gasteiger partial charge is 0.497 e. The van der Waals surface area contributed by atoms with Gasteiger partial charge in [0.2, 0.25) is 5.78 Å². The van der Waals surface area contributed by atoms with Gasteiger partial charge in [0, 0.05) is 11.3 Å². The molecule has 0 atom stereocenters. The summed E-state index contributed by atoms with van der Waals surface area (Å²) in [5.41, 5.74) is 8.53. The van der Waals surface area contributed by atoms with Crippen molar-refractivity contribution in [3.05, 3.63) is 64.5 Å². The minimum Gasteiger partial charge on any atom is -0.497 e. The molecule has 0 radical (unpaired) electrons. The second-order valence-corrected chi connectivity index (χ2v) is 6.28. The van der Waals surface area contributed by atoms with Gasteiger partial charge < -0.3 is 15.8 Å². The number of carbonyl (C=O) groups excluding carboxylic acids is 1. The number of ether oxygens (including phenoxy) is 1. The first-order chi connectivity index (χ1) is 11.6. The third kappa shape index (κ3) is 3.38. The van der Waals surface area contributed by atoms with E-state index in [9.17, 15) is 4.79 Å². The molecule has 0 aliphatic heterocycles. The number of carbonyl (C=O) groups is 1. The zero-order valence-corrected chi connectivity index (χ0v) is 14.2. The molecule has 24 heavy (non-hydrogen) atoms. The average Bonchev–Trinajstić information content (AvgIpc) is 2.94. The molecular weight excluding hydrogens is 322 g/mol. The molecule has 0 spiro atoms. The van der Waals surface area contributed by atoms with Crippen LogP contribution in [-0.2, 0) is 0 Å². The number of nitrogens with one attached hydrogen (secondary N) is 1. The third-order valence-corrected chi connectivity index (χ3v) is 4.47. The molecule has 0 aliphatic carbocycles. The Bertz CT molecular complexity index is 872. The van der Waals surface area contributed by atoms with Crippen molar-refractivity contribution in [1.82, 2.24) is 4.98 Å². The lowest BCUT2D eigenvalue weighted by molar-refractivity contribution is 0.104. The zero-order chi connectivity index (χ0) is 17.1. The number of anilines is 3. The van der Waals surface area contributed by atoms with Gasteiger partial charge >= 0.3 is 0 Å². The lowest BCUT2D eigenvalue weighted by atomic mass is 10.1. The first kappa shape index (κ1) is 16.0. The quantitative estimate of drug-likeness (QED) is 0.687. The van der Waals surface area contributed by atoms with Crippen LogP contribution in [0.1, 0.15) is 20.8 Å². The highest BCUT2D eigenvalue weighted by molar-refractivity contribution is 7.18. The summed E-state index contributed by atoms with van der Waals surface area (Å²) in [6.45, 7) is 2.01. The molecule has 1 aromatic heterocycles. The monoisotopic (exact) mass is 339 g/mol. The molecule has 0 unspecified atom stereocenters. The summed E-state index contributed by atoms with van der Waals surface area (Å²) in [7, 11) is 1.58. The van der Waals surface area contributed by atoms with E-state index in [-0.39, 0.29) is 11.6 Å². The first-order valence-electron chi connectivity index (χ1n) is 7.35. The fraction of sp³-hybridized carbons (Fsp3) is 0.111. The minimum atomic E-state index is -0.148. The summed E-state index contributed by atoms with van der Waals surface area (Å²) in [5.74, 6) is 0.784. The van der Waals surface area contributed by atoms with Crippen LogP contribution < -0.4 is 15.8 Å². The van der Waals surface area contributed by atoms with Gasteiger partial charge in [-0.05, 0) is 48.9 Å². The highest BCUT2D eigenvalue weighted by Crippen LogP contribution is 2.30. The number of hydrogen-bond acceptors (Lipinski definition) is 6. The number of ketones is 1. The van der Waals surface area contributed by atoms with Gasteiger partial charge in [0.25, 0.3) is 0 Å². The van der Waals surface area contributed by atoms with E-state index in [0.717, 1.165) is 11.3 Å². The van der Waals surface area contributed by atoms with Crippen LogP contribution in [0.3, 0.4) is 0 Å². The van der Waals surface area contributed by atoms with E-state index in [1.54, 1.807) is 31.4 Å². The molecular formula is C18H17N3O2S. The van der Waals surface area contributed by atoms with Crippen LogP contribution in [0.5, 0.6) is 5.75 Å². The van der Waals surface area contributed by atoms with E-state index in [0.29, 0.717) is 21.3 Å². The molecule has 6 heteroatoms. The highest BCUT2D eigenvalue weighted by atomic mass is 32.1. The molecule has 3 aromatic rings. The zero-order valence-electron chi connectivity index (χ0n) is 13.4. The van der Waals surface area contributed by atoms with Crippen LogP contribution in [0.15, 0.2) is 48.5 Å². The van der Waals surface area contributed by atoms with Crippen LogP contribution in [0.4, 0.5) is 16.6 Å². The van der Waals surface area contributed by atoms with Crippen molar-refractivity contribution in [2.75, 3.05) is 18.2 Å². The van der Waals surface area contributed by atoms with Crippen LogP contribution in [0, 0.1) is 6.92 Å². The molecule has 5 nitrogen and oxygen atoms in total. The van der Waals surface area contributed by atoms with Crippen molar-refractivity contribution in [2.45, 2.75) is 6.92 Å². The second kappa shape index (κ2) is 6.72. The number of rotatable bonds is 5. The molecule has 1 heterocycles. The number of thiazole rings is 1. The van der Waals surface area contributed by atoms with Crippen molar-refractivity contribution in [3.8, 4) is 5.75 Å². The molecule has 122 valence electrons. The number of nitrogen functional groups attached to an aromatic ring is 1. The molecule has 0 fully saturated rings. The summed E-state index contributed by atoms with van der Waals surface area (Å²) in [4.78, 5) is 17.3. The number of methoxy groups -OCH3 is 1. The van der Waals surface area contributed by atoms with Gasteiger partial charge in [0.1, 0.15) is 16.4 Å². The summed E-state index contributed by atoms with van der Waals surface area (Å²) in [5, 5.41) is 3.78. The maximum absolute atomic E-state index is 12.6. The van der Waals surface area contributed by atoms with Crippen molar-refractivity contribution in [3.63, 3.8) is 0 Å². The molecule has 0 aliphatic rings. The topological polar surface area (TPSA) is 77.2 Å². The van der Waals surface area contributed by atoms with Crippen molar-refractivity contribution in [2.24, 2.45) is 0 Å². The second-order valence-electron chi connectivity index (χ2n) is 5.29. The molecule has 0 amide bonds. The Balaban J connectivity index is 1.83. The molecule has 0 bridgehead atoms. The van der Waals surface area contributed by atoms with Gasteiger partial charge in [0.05, 0.1) is 7.11 Å². The predicted octanol–water partition coefficient (Wildman–Crippen LogP) is 4.02. The number of hydrogen-bond donors (Lipinski definition) is 2. The molecule has 3 N–H and O–H groups in total. The van der Waals surface area contributed by atoms with Gasteiger partial charge in [-0.2, -0.15) is 0 Å².